The number of pyridine rings is 1. The fourth-order valence-electron chi connectivity index (χ4n) is 2.44. The van der Waals surface area contributed by atoms with Crippen molar-refractivity contribution in [3.05, 3.63) is 48.4 Å². The van der Waals surface area contributed by atoms with Crippen LogP contribution in [0.25, 0.3) is 22.0 Å². The molecule has 2 heterocycles. The number of phenols is 1. The molecule has 1 aromatic carbocycles. The molecular weight excluding hydrogens is 224 g/mol. The number of phenolic OH excluding ortho intramolecular Hbond substituents is 1. The molecule has 0 bridgehead atoms. The highest BCUT2D eigenvalue weighted by molar-refractivity contribution is 5.98. The summed E-state index contributed by atoms with van der Waals surface area (Å²) >= 11 is 0. The van der Waals surface area contributed by atoms with Crippen molar-refractivity contribution in [2.75, 3.05) is 0 Å². The van der Waals surface area contributed by atoms with Crippen molar-refractivity contribution in [1.29, 1.82) is 0 Å². The third-order valence-electron chi connectivity index (χ3n) is 3.44. The highest BCUT2D eigenvalue weighted by Gasteiger charge is 2.13. The topological polar surface area (TPSA) is 38.1 Å². The molecule has 3 aromatic rings. The fourth-order valence-corrected chi connectivity index (χ4v) is 2.44. The zero-order valence-corrected chi connectivity index (χ0v) is 10.4. The quantitative estimate of drug-likeness (QED) is 0.706. The molecule has 1 N–H and O–H groups in total. The lowest BCUT2D eigenvalue weighted by Gasteiger charge is -2.02. The Balaban J connectivity index is 2.42. The van der Waals surface area contributed by atoms with Gasteiger partial charge in [-0.25, -0.2) is 0 Å². The summed E-state index contributed by atoms with van der Waals surface area (Å²) in [4.78, 5) is 4.05. The molecule has 0 unspecified atom stereocenters. The Morgan fingerprint density at radius 3 is 2.56 bits per heavy atom. The zero-order valence-electron chi connectivity index (χ0n) is 10.4. The summed E-state index contributed by atoms with van der Waals surface area (Å²) in [5, 5.41) is 10.8. The van der Waals surface area contributed by atoms with Gasteiger partial charge in [0, 0.05) is 41.6 Å². The minimum Gasteiger partial charge on any atom is -0.508 e. The van der Waals surface area contributed by atoms with Crippen LogP contribution in [0, 0.1) is 6.92 Å². The van der Waals surface area contributed by atoms with E-state index in [1.165, 1.54) is 5.69 Å². The van der Waals surface area contributed by atoms with Crippen molar-refractivity contribution >= 4 is 10.9 Å². The maximum Gasteiger partial charge on any atom is 0.116 e. The van der Waals surface area contributed by atoms with Crippen LogP contribution in [0.15, 0.2) is 42.7 Å². The Bertz CT molecular complexity index is 714. The maximum absolute atomic E-state index is 9.68. The van der Waals surface area contributed by atoms with Gasteiger partial charge in [-0.2, -0.15) is 0 Å². The number of hydrogen-bond acceptors (Lipinski definition) is 2. The van der Waals surface area contributed by atoms with Gasteiger partial charge in [-0.1, -0.05) is 0 Å². The van der Waals surface area contributed by atoms with Crippen LogP contribution in [-0.4, -0.2) is 14.7 Å². The van der Waals surface area contributed by atoms with Crippen LogP contribution in [0.5, 0.6) is 5.75 Å². The summed E-state index contributed by atoms with van der Waals surface area (Å²) in [6.45, 7) is 2.09. The van der Waals surface area contributed by atoms with Crippen molar-refractivity contribution < 1.29 is 5.11 Å². The summed E-state index contributed by atoms with van der Waals surface area (Å²) in [6.07, 6.45) is 3.58. The lowest BCUT2D eigenvalue weighted by molar-refractivity contribution is 0.476. The van der Waals surface area contributed by atoms with Gasteiger partial charge in [-0.05, 0) is 42.8 Å². The van der Waals surface area contributed by atoms with Crippen molar-refractivity contribution in [2.45, 2.75) is 6.92 Å². The van der Waals surface area contributed by atoms with Gasteiger partial charge in [-0.15, -0.1) is 0 Å². The van der Waals surface area contributed by atoms with Gasteiger partial charge in [-0.3, -0.25) is 4.98 Å². The van der Waals surface area contributed by atoms with Gasteiger partial charge >= 0.3 is 0 Å². The number of fused-ring (bicyclic) bond motifs is 1. The average molecular weight is 238 g/mol. The maximum atomic E-state index is 9.68. The second kappa shape index (κ2) is 3.88. The summed E-state index contributed by atoms with van der Waals surface area (Å²) in [6, 6.07) is 9.47. The van der Waals surface area contributed by atoms with Crippen molar-refractivity contribution in [3.63, 3.8) is 0 Å². The SMILES string of the molecule is Cc1c(-c2ccncc2)c2cc(O)ccc2n1C. The summed E-state index contributed by atoms with van der Waals surface area (Å²) in [7, 11) is 2.04. The second-order valence-electron chi connectivity index (χ2n) is 4.46. The Morgan fingerprint density at radius 1 is 1.11 bits per heavy atom. The van der Waals surface area contributed by atoms with E-state index in [0.717, 1.165) is 22.0 Å². The lowest BCUT2D eigenvalue weighted by Crippen LogP contribution is -1.90. The van der Waals surface area contributed by atoms with E-state index >= 15 is 0 Å². The van der Waals surface area contributed by atoms with Gasteiger partial charge in [0.25, 0.3) is 0 Å². The van der Waals surface area contributed by atoms with Crippen LogP contribution in [0.1, 0.15) is 5.69 Å². The van der Waals surface area contributed by atoms with Gasteiger partial charge in [0.15, 0.2) is 0 Å². The Morgan fingerprint density at radius 2 is 1.83 bits per heavy atom. The van der Waals surface area contributed by atoms with Crippen LogP contribution in [0.2, 0.25) is 0 Å². The standard InChI is InChI=1S/C15H14N2O/c1-10-15(11-5-7-16-8-6-11)13-9-12(18)3-4-14(13)17(10)2/h3-9,18H,1-2H3. The van der Waals surface area contributed by atoms with Gasteiger partial charge in [0.05, 0.1) is 0 Å². The molecule has 2 aromatic heterocycles. The van der Waals surface area contributed by atoms with Gasteiger partial charge in [0.1, 0.15) is 5.75 Å². The van der Waals surface area contributed by atoms with E-state index in [-0.39, 0.29) is 0 Å². The van der Waals surface area contributed by atoms with E-state index in [1.54, 1.807) is 18.5 Å². The zero-order chi connectivity index (χ0) is 12.7. The minimum absolute atomic E-state index is 0.295. The van der Waals surface area contributed by atoms with Crippen LogP contribution in [0.3, 0.4) is 0 Å². The van der Waals surface area contributed by atoms with Crippen LogP contribution >= 0.6 is 0 Å². The van der Waals surface area contributed by atoms with Crippen molar-refractivity contribution in [2.24, 2.45) is 7.05 Å². The van der Waals surface area contributed by atoms with E-state index in [1.807, 2.05) is 31.3 Å². The molecule has 0 aliphatic rings. The largest absolute Gasteiger partial charge is 0.508 e. The van der Waals surface area contributed by atoms with Crippen molar-refractivity contribution in [3.8, 4) is 16.9 Å². The number of aryl methyl sites for hydroxylation is 1. The first-order chi connectivity index (χ1) is 8.68. The third-order valence-corrected chi connectivity index (χ3v) is 3.44. The molecule has 0 atom stereocenters. The number of benzene rings is 1. The molecule has 0 saturated heterocycles. The molecule has 0 aliphatic heterocycles. The lowest BCUT2D eigenvalue weighted by atomic mass is 10.0. The second-order valence-corrected chi connectivity index (χ2v) is 4.46. The predicted molar refractivity (Wildman–Crippen MR) is 72.6 cm³/mol. The molecule has 0 spiro atoms. The number of rotatable bonds is 1. The molecule has 0 aliphatic carbocycles. The summed E-state index contributed by atoms with van der Waals surface area (Å²) < 4.78 is 2.14. The highest BCUT2D eigenvalue weighted by atomic mass is 16.3. The summed E-state index contributed by atoms with van der Waals surface area (Å²) in [5.74, 6) is 0.295. The first kappa shape index (κ1) is 10.8. The normalized spacial score (nSPS) is 11.0. The van der Waals surface area contributed by atoms with E-state index < -0.39 is 0 Å². The first-order valence-corrected chi connectivity index (χ1v) is 5.87. The molecular formula is C15H14N2O. The fraction of sp³-hybridized carbons (Fsp3) is 0.133. The first-order valence-electron chi connectivity index (χ1n) is 5.87. The van der Waals surface area contributed by atoms with Crippen LogP contribution in [0.4, 0.5) is 0 Å². The van der Waals surface area contributed by atoms with Gasteiger partial charge in [0.2, 0.25) is 0 Å². The molecule has 18 heavy (non-hydrogen) atoms. The molecule has 0 fully saturated rings. The minimum atomic E-state index is 0.295. The smallest absolute Gasteiger partial charge is 0.116 e. The van der Waals surface area contributed by atoms with E-state index in [0.29, 0.717) is 5.75 Å². The predicted octanol–water partition coefficient (Wildman–Crippen LogP) is 3.25. The Kier molecular flexibility index (Phi) is 2.33. The van der Waals surface area contributed by atoms with E-state index in [4.69, 9.17) is 0 Å². The monoisotopic (exact) mass is 238 g/mol. The molecule has 3 heteroatoms. The number of aromatic nitrogens is 2. The Hall–Kier alpha value is -2.29. The highest BCUT2D eigenvalue weighted by Crippen LogP contribution is 2.35. The van der Waals surface area contributed by atoms with E-state index in [9.17, 15) is 5.11 Å². The molecule has 3 nitrogen and oxygen atoms in total. The van der Waals surface area contributed by atoms with Crippen molar-refractivity contribution in [1.82, 2.24) is 9.55 Å². The molecule has 90 valence electrons. The molecule has 3 rings (SSSR count). The number of hydrogen-bond donors (Lipinski definition) is 1. The molecule has 0 radical (unpaired) electrons. The van der Waals surface area contributed by atoms with E-state index in [2.05, 4.69) is 16.5 Å². The Labute approximate surface area is 105 Å². The van der Waals surface area contributed by atoms with Gasteiger partial charge < -0.3 is 9.67 Å². The third kappa shape index (κ3) is 1.48. The molecule has 0 amide bonds. The summed E-state index contributed by atoms with van der Waals surface area (Å²) in [5.41, 5.74) is 4.59. The number of nitrogens with zero attached hydrogens (tertiary/aromatic N) is 2. The van der Waals surface area contributed by atoms with Crippen LogP contribution < -0.4 is 0 Å². The average Bonchev–Trinajstić information content (AvgIpc) is 2.63. The molecule has 0 saturated carbocycles. The number of aromatic hydroxyl groups is 1. The van der Waals surface area contributed by atoms with Crippen LogP contribution in [-0.2, 0) is 7.05 Å².